The van der Waals surface area contributed by atoms with Crippen LogP contribution in [0.1, 0.15) is 38.3 Å². The van der Waals surface area contributed by atoms with E-state index in [0.29, 0.717) is 12.0 Å². The SMILES string of the molecule is CC1CCCN(C(=O)NC2CCN(Cc3ccccn3)CC2)C1. The first-order valence-corrected chi connectivity index (χ1v) is 8.88. The predicted octanol–water partition coefficient (Wildman–Crippen LogP) is 2.49. The van der Waals surface area contributed by atoms with E-state index in [2.05, 4.69) is 28.2 Å². The highest BCUT2D eigenvalue weighted by Gasteiger charge is 2.25. The van der Waals surface area contributed by atoms with E-state index < -0.39 is 0 Å². The molecule has 0 aromatic carbocycles. The Morgan fingerprint density at radius 1 is 1.26 bits per heavy atom. The van der Waals surface area contributed by atoms with Gasteiger partial charge in [0.1, 0.15) is 0 Å². The summed E-state index contributed by atoms with van der Waals surface area (Å²) in [5, 5.41) is 3.24. The molecule has 2 saturated heterocycles. The fourth-order valence-electron chi connectivity index (χ4n) is 3.60. The third-order valence-corrected chi connectivity index (χ3v) is 4.97. The van der Waals surface area contributed by atoms with E-state index in [-0.39, 0.29) is 6.03 Å². The summed E-state index contributed by atoms with van der Waals surface area (Å²) in [5.41, 5.74) is 1.12. The van der Waals surface area contributed by atoms with Crippen LogP contribution in [0.2, 0.25) is 0 Å². The molecule has 1 N–H and O–H groups in total. The molecule has 3 rings (SSSR count). The quantitative estimate of drug-likeness (QED) is 0.932. The van der Waals surface area contributed by atoms with Gasteiger partial charge >= 0.3 is 6.03 Å². The molecule has 1 aromatic heterocycles. The number of aromatic nitrogens is 1. The first-order chi connectivity index (χ1) is 11.2. The molecule has 2 aliphatic heterocycles. The van der Waals surface area contributed by atoms with Crippen molar-refractivity contribution in [1.82, 2.24) is 20.1 Å². The van der Waals surface area contributed by atoms with Crippen molar-refractivity contribution >= 4 is 6.03 Å². The van der Waals surface area contributed by atoms with Crippen molar-refractivity contribution in [3.8, 4) is 0 Å². The summed E-state index contributed by atoms with van der Waals surface area (Å²) in [7, 11) is 0. The van der Waals surface area contributed by atoms with E-state index in [1.807, 2.05) is 23.2 Å². The van der Waals surface area contributed by atoms with Crippen molar-refractivity contribution in [1.29, 1.82) is 0 Å². The minimum atomic E-state index is 0.139. The first-order valence-electron chi connectivity index (χ1n) is 8.88. The number of hydrogen-bond donors (Lipinski definition) is 1. The molecule has 2 amide bonds. The lowest BCUT2D eigenvalue weighted by molar-refractivity contribution is 0.152. The van der Waals surface area contributed by atoms with Crippen LogP contribution in [0.25, 0.3) is 0 Å². The van der Waals surface area contributed by atoms with Crippen LogP contribution in [0.4, 0.5) is 4.79 Å². The molecule has 0 radical (unpaired) electrons. The average molecular weight is 316 g/mol. The van der Waals surface area contributed by atoms with Gasteiger partial charge in [-0.25, -0.2) is 4.79 Å². The third-order valence-electron chi connectivity index (χ3n) is 4.97. The van der Waals surface area contributed by atoms with Gasteiger partial charge in [-0.15, -0.1) is 0 Å². The summed E-state index contributed by atoms with van der Waals surface area (Å²) in [6, 6.07) is 6.52. The number of likely N-dealkylation sites (tertiary alicyclic amines) is 2. The van der Waals surface area contributed by atoms with Crippen molar-refractivity contribution in [2.45, 2.75) is 45.2 Å². The summed E-state index contributed by atoms with van der Waals surface area (Å²) < 4.78 is 0. The second kappa shape index (κ2) is 7.77. The molecule has 5 nitrogen and oxygen atoms in total. The Morgan fingerprint density at radius 2 is 2.09 bits per heavy atom. The van der Waals surface area contributed by atoms with Crippen molar-refractivity contribution < 1.29 is 4.79 Å². The van der Waals surface area contributed by atoms with Crippen molar-refractivity contribution in [3.05, 3.63) is 30.1 Å². The molecule has 1 aromatic rings. The highest BCUT2D eigenvalue weighted by Crippen LogP contribution is 2.17. The summed E-state index contributed by atoms with van der Waals surface area (Å²) in [6.07, 6.45) is 6.29. The summed E-state index contributed by atoms with van der Waals surface area (Å²) in [6.45, 7) is 7.01. The zero-order valence-corrected chi connectivity index (χ0v) is 14.1. The van der Waals surface area contributed by atoms with Crippen LogP contribution in [-0.2, 0) is 6.54 Å². The number of carbonyl (C=O) groups excluding carboxylic acids is 1. The maximum atomic E-state index is 12.4. The summed E-state index contributed by atoms with van der Waals surface area (Å²) in [5.74, 6) is 0.634. The maximum absolute atomic E-state index is 12.4. The van der Waals surface area contributed by atoms with Gasteiger partial charge in [-0.3, -0.25) is 9.88 Å². The highest BCUT2D eigenvalue weighted by atomic mass is 16.2. The van der Waals surface area contributed by atoms with Crippen LogP contribution in [0.15, 0.2) is 24.4 Å². The molecule has 0 spiro atoms. The molecule has 1 unspecified atom stereocenters. The Morgan fingerprint density at radius 3 is 2.78 bits per heavy atom. The van der Waals surface area contributed by atoms with Gasteiger partial charge in [0.2, 0.25) is 0 Å². The third kappa shape index (κ3) is 4.67. The first kappa shape index (κ1) is 16.2. The maximum Gasteiger partial charge on any atom is 0.317 e. The molecular formula is C18H28N4O. The van der Waals surface area contributed by atoms with E-state index >= 15 is 0 Å². The largest absolute Gasteiger partial charge is 0.335 e. The van der Waals surface area contributed by atoms with E-state index in [0.717, 1.165) is 57.7 Å². The van der Waals surface area contributed by atoms with Crippen LogP contribution < -0.4 is 5.32 Å². The standard InChI is InChI=1S/C18H28N4O/c1-15-5-4-10-22(13-15)18(23)20-16-7-11-21(12-8-16)14-17-6-2-3-9-19-17/h2-3,6,9,15-16H,4-5,7-8,10-14H2,1H3,(H,20,23). The molecule has 5 heteroatoms. The lowest BCUT2D eigenvalue weighted by Gasteiger charge is -2.35. The van der Waals surface area contributed by atoms with Gasteiger partial charge in [-0.05, 0) is 43.7 Å². The van der Waals surface area contributed by atoms with Gasteiger partial charge in [-0.2, -0.15) is 0 Å². The second-order valence-electron chi connectivity index (χ2n) is 7.01. The number of rotatable bonds is 3. The number of nitrogens with zero attached hydrogens (tertiary/aromatic N) is 3. The summed E-state index contributed by atoms with van der Waals surface area (Å²) >= 11 is 0. The van der Waals surface area contributed by atoms with Crippen LogP contribution in [0, 0.1) is 5.92 Å². The molecule has 0 aliphatic carbocycles. The van der Waals surface area contributed by atoms with Gasteiger partial charge in [0.05, 0.1) is 5.69 Å². The van der Waals surface area contributed by atoms with Crippen LogP contribution in [0.5, 0.6) is 0 Å². The molecule has 2 aliphatic rings. The smallest absolute Gasteiger partial charge is 0.317 e. The van der Waals surface area contributed by atoms with Crippen LogP contribution in [0.3, 0.4) is 0 Å². The molecule has 0 bridgehead atoms. The fraction of sp³-hybridized carbons (Fsp3) is 0.667. The molecular weight excluding hydrogens is 288 g/mol. The van der Waals surface area contributed by atoms with Crippen molar-refractivity contribution in [2.24, 2.45) is 5.92 Å². The van der Waals surface area contributed by atoms with E-state index in [1.54, 1.807) is 0 Å². The Kier molecular flexibility index (Phi) is 5.49. The number of piperidine rings is 2. The highest BCUT2D eigenvalue weighted by molar-refractivity contribution is 5.74. The molecule has 3 heterocycles. The monoisotopic (exact) mass is 316 g/mol. The van der Waals surface area contributed by atoms with Gasteiger partial charge in [0, 0.05) is 45.0 Å². The summed E-state index contributed by atoms with van der Waals surface area (Å²) in [4.78, 5) is 21.2. The van der Waals surface area contributed by atoms with E-state index in [1.165, 1.54) is 6.42 Å². The molecule has 23 heavy (non-hydrogen) atoms. The van der Waals surface area contributed by atoms with Gasteiger partial charge in [-0.1, -0.05) is 13.0 Å². The Bertz CT molecular complexity index is 499. The Balaban J connectivity index is 1.41. The number of hydrogen-bond acceptors (Lipinski definition) is 3. The van der Waals surface area contributed by atoms with E-state index in [4.69, 9.17) is 0 Å². The number of urea groups is 1. The Labute approximate surface area is 139 Å². The molecule has 1 atom stereocenters. The normalized spacial score (nSPS) is 23.7. The van der Waals surface area contributed by atoms with Crippen molar-refractivity contribution in [3.63, 3.8) is 0 Å². The average Bonchev–Trinajstić information content (AvgIpc) is 2.57. The van der Waals surface area contributed by atoms with Gasteiger partial charge < -0.3 is 10.2 Å². The van der Waals surface area contributed by atoms with Gasteiger partial charge in [0.15, 0.2) is 0 Å². The zero-order valence-electron chi connectivity index (χ0n) is 14.1. The zero-order chi connectivity index (χ0) is 16.1. The van der Waals surface area contributed by atoms with Crippen LogP contribution in [-0.4, -0.2) is 53.0 Å². The molecule has 2 fully saturated rings. The minimum absolute atomic E-state index is 0.139. The number of nitrogens with one attached hydrogen (secondary N) is 1. The van der Waals surface area contributed by atoms with Crippen LogP contribution >= 0.6 is 0 Å². The minimum Gasteiger partial charge on any atom is -0.335 e. The second-order valence-corrected chi connectivity index (χ2v) is 7.01. The Hall–Kier alpha value is -1.62. The lowest BCUT2D eigenvalue weighted by atomic mass is 10.0. The lowest BCUT2D eigenvalue weighted by Crippen LogP contribution is -2.51. The number of amides is 2. The predicted molar refractivity (Wildman–Crippen MR) is 91.0 cm³/mol. The molecule has 0 saturated carbocycles. The number of carbonyl (C=O) groups is 1. The van der Waals surface area contributed by atoms with Gasteiger partial charge in [0.25, 0.3) is 0 Å². The number of pyridine rings is 1. The topological polar surface area (TPSA) is 48.5 Å². The fourth-order valence-corrected chi connectivity index (χ4v) is 3.60. The van der Waals surface area contributed by atoms with Crippen molar-refractivity contribution in [2.75, 3.05) is 26.2 Å². The molecule has 126 valence electrons. The van der Waals surface area contributed by atoms with E-state index in [9.17, 15) is 4.79 Å².